The van der Waals surface area contributed by atoms with Crippen LogP contribution >= 0.6 is 11.6 Å². The van der Waals surface area contributed by atoms with E-state index in [0.29, 0.717) is 30.7 Å². The number of amides is 3. The molecule has 0 radical (unpaired) electrons. The summed E-state index contributed by atoms with van der Waals surface area (Å²) in [5.74, 6) is 2.31. The van der Waals surface area contributed by atoms with Crippen molar-refractivity contribution in [2.24, 2.45) is 10.2 Å². The molecular formula is C18H19ClN4O2. The summed E-state index contributed by atoms with van der Waals surface area (Å²) in [6.45, 7) is 2.13. The Morgan fingerprint density at radius 3 is 2.48 bits per heavy atom. The molecule has 0 spiro atoms. The molecule has 2 aliphatic heterocycles. The molecule has 1 atom stereocenters. The fourth-order valence-electron chi connectivity index (χ4n) is 3.16. The average Bonchev–Trinajstić information content (AvgIpc) is 3.33. The van der Waals surface area contributed by atoms with Gasteiger partial charge in [0.15, 0.2) is 5.66 Å². The van der Waals surface area contributed by atoms with Crippen molar-refractivity contribution >= 4 is 23.5 Å². The number of carbonyl (C=O) groups excluding carboxylic acids is 2. The molecule has 0 saturated carbocycles. The fourth-order valence-corrected chi connectivity index (χ4v) is 3.29. The van der Waals surface area contributed by atoms with Crippen LogP contribution in [0.4, 0.5) is 4.79 Å². The Hall–Kier alpha value is -2.39. The third kappa shape index (κ3) is 3.12. The summed E-state index contributed by atoms with van der Waals surface area (Å²) in [4.78, 5) is 26.7. The van der Waals surface area contributed by atoms with E-state index in [1.165, 1.54) is 4.90 Å². The molecule has 1 aromatic rings. The number of imide groups is 1. The van der Waals surface area contributed by atoms with E-state index in [-0.39, 0.29) is 12.5 Å². The summed E-state index contributed by atoms with van der Waals surface area (Å²) in [5.41, 5.74) is -0.848. The summed E-state index contributed by atoms with van der Waals surface area (Å²) in [5, 5.41) is 11.5. The van der Waals surface area contributed by atoms with Crippen LogP contribution in [0.1, 0.15) is 38.2 Å². The molecule has 2 heterocycles. The predicted octanol–water partition coefficient (Wildman–Crippen LogP) is 3.46. The molecule has 2 aliphatic rings. The molecule has 0 bridgehead atoms. The molecule has 0 aromatic heterocycles. The Kier molecular flexibility index (Phi) is 4.53. The van der Waals surface area contributed by atoms with E-state index < -0.39 is 17.2 Å². The van der Waals surface area contributed by atoms with E-state index in [1.54, 1.807) is 24.3 Å². The summed E-state index contributed by atoms with van der Waals surface area (Å²) in [6.07, 6.45) is 7.44. The van der Waals surface area contributed by atoms with Gasteiger partial charge in [0.2, 0.25) is 0 Å². The van der Waals surface area contributed by atoms with E-state index in [2.05, 4.69) is 21.5 Å². The fraction of sp³-hybridized carbons (Fsp3) is 0.444. The van der Waals surface area contributed by atoms with Gasteiger partial charge in [0.1, 0.15) is 5.54 Å². The van der Waals surface area contributed by atoms with Gasteiger partial charge < -0.3 is 5.32 Å². The van der Waals surface area contributed by atoms with Crippen molar-refractivity contribution in [3.05, 3.63) is 34.9 Å². The highest BCUT2D eigenvalue weighted by atomic mass is 35.5. The van der Waals surface area contributed by atoms with E-state index in [1.807, 2.05) is 6.92 Å². The topological polar surface area (TPSA) is 74.1 Å². The minimum absolute atomic E-state index is 0.255. The molecule has 1 unspecified atom stereocenters. The summed E-state index contributed by atoms with van der Waals surface area (Å²) in [7, 11) is 0. The maximum atomic E-state index is 13.0. The highest BCUT2D eigenvalue weighted by Crippen LogP contribution is 2.38. The summed E-state index contributed by atoms with van der Waals surface area (Å²) < 4.78 is 0. The lowest BCUT2D eigenvalue weighted by atomic mass is 9.87. The lowest BCUT2D eigenvalue weighted by Crippen LogP contribution is -2.43. The van der Waals surface area contributed by atoms with Crippen LogP contribution in [0.5, 0.6) is 0 Å². The average molecular weight is 359 g/mol. The van der Waals surface area contributed by atoms with Crippen LogP contribution < -0.4 is 5.32 Å². The number of urea groups is 1. The van der Waals surface area contributed by atoms with Gasteiger partial charge in [0.25, 0.3) is 5.91 Å². The van der Waals surface area contributed by atoms with Crippen molar-refractivity contribution in [1.29, 1.82) is 0 Å². The number of nitrogens with one attached hydrogen (secondary N) is 1. The van der Waals surface area contributed by atoms with E-state index >= 15 is 0 Å². The molecule has 3 amide bonds. The monoisotopic (exact) mass is 358 g/mol. The Bertz CT molecular complexity index is 762. The first-order valence-electron chi connectivity index (χ1n) is 8.24. The van der Waals surface area contributed by atoms with Gasteiger partial charge in [-0.25, -0.2) is 4.79 Å². The first kappa shape index (κ1) is 17.4. The highest BCUT2D eigenvalue weighted by Gasteiger charge is 2.52. The summed E-state index contributed by atoms with van der Waals surface area (Å²) >= 11 is 5.93. The van der Waals surface area contributed by atoms with Crippen LogP contribution in [0.3, 0.4) is 0 Å². The Morgan fingerprint density at radius 2 is 1.92 bits per heavy atom. The minimum Gasteiger partial charge on any atom is -0.319 e. The first-order valence-corrected chi connectivity index (χ1v) is 8.62. The Labute approximate surface area is 151 Å². The van der Waals surface area contributed by atoms with Crippen molar-refractivity contribution < 1.29 is 9.59 Å². The van der Waals surface area contributed by atoms with Crippen molar-refractivity contribution in [1.82, 2.24) is 10.2 Å². The second-order valence-corrected chi connectivity index (χ2v) is 6.73. The van der Waals surface area contributed by atoms with Gasteiger partial charge in [0, 0.05) is 30.8 Å². The second-order valence-electron chi connectivity index (χ2n) is 6.29. The molecule has 1 aromatic carbocycles. The third-order valence-electron chi connectivity index (χ3n) is 4.83. The molecule has 1 N–H and O–H groups in total. The van der Waals surface area contributed by atoms with Gasteiger partial charge in [-0.05, 0) is 24.1 Å². The first-order chi connectivity index (χ1) is 12.0. The van der Waals surface area contributed by atoms with Gasteiger partial charge in [-0.3, -0.25) is 9.69 Å². The van der Waals surface area contributed by atoms with Gasteiger partial charge in [-0.15, -0.1) is 12.3 Å². The molecular weight excluding hydrogens is 340 g/mol. The van der Waals surface area contributed by atoms with Crippen LogP contribution in [-0.4, -0.2) is 29.0 Å². The van der Waals surface area contributed by atoms with Crippen molar-refractivity contribution in [3.8, 4) is 12.3 Å². The van der Waals surface area contributed by atoms with Gasteiger partial charge in [-0.2, -0.15) is 10.2 Å². The van der Waals surface area contributed by atoms with Crippen LogP contribution in [0, 0.1) is 12.3 Å². The normalized spacial score (nSPS) is 23.5. The zero-order valence-electron chi connectivity index (χ0n) is 14.0. The van der Waals surface area contributed by atoms with Crippen molar-refractivity contribution in [2.75, 3.05) is 6.54 Å². The third-order valence-corrected chi connectivity index (χ3v) is 5.08. The van der Waals surface area contributed by atoms with Gasteiger partial charge >= 0.3 is 6.03 Å². The van der Waals surface area contributed by atoms with Crippen LogP contribution in [0.2, 0.25) is 5.02 Å². The number of benzene rings is 1. The number of rotatable bonds is 7. The number of nitrogens with zero attached hydrogens (tertiary/aromatic N) is 3. The maximum absolute atomic E-state index is 13.0. The zero-order valence-corrected chi connectivity index (χ0v) is 14.7. The Morgan fingerprint density at radius 1 is 1.24 bits per heavy atom. The number of halogens is 1. The van der Waals surface area contributed by atoms with Gasteiger partial charge in [-0.1, -0.05) is 30.7 Å². The van der Waals surface area contributed by atoms with Gasteiger partial charge in [0.05, 0.1) is 0 Å². The van der Waals surface area contributed by atoms with Crippen molar-refractivity contribution in [2.45, 2.75) is 43.8 Å². The molecule has 7 heteroatoms. The quantitative estimate of drug-likeness (QED) is 0.598. The standard InChI is InChI=1S/C18H19ClN4O2/c1-3-5-10-17(21-22-17)11-12-23-15(24)18(4-2,20-16(23)25)13-6-8-14(19)9-7-13/h1,6-9H,4-5,10-12H2,2H3,(H,20,25). The SMILES string of the molecule is C#CCCC1(CCN2C(=O)NC(CC)(c3ccc(Cl)cc3)C2=O)N=N1. The molecule has 1 saturated heterocycles. The molecule has 6 nitrogen and oxygen atoms in total. The number of terminal acetylenes is 1. The van der Waals surface area contributed by atoms with E-state index in [9.17, 15) is 9.59 Å². The molecule has 25 heavy (non-hydrogen) atoms. The van der Waals surface area contributed by atoms with E-state index in [0.717, 1.165) is 5.56 Å². The van der Waals surface area contributed by atoms with E-state index in [4.69, 9.17) is 18.0 Å². The molecule has 1 fully saturated rings. The largest absolute Gasteiger partial charge is 0.325 e. The molecule has 130 valence electrons. The summed E-state index contributed by atoms with van der Waals surface area (Å²) in [6, 6.07) is 6.58. The van der Waals surface area contributed by atoms with Crippen LogP contribution in [0.25, 0.3) is 0 Å². The zero-order chi connectivity index (χ0) is 18.1. The van der Waals surface area contributed by atoms with Crippen LogP contribution in [0.15, 0.2) is 34.5 Å². The maximum Gasteiger partial charge on any atom is 0.325 e. The molecule has 3 rings (SSSR count). The van der Waals surface area contributed by atoms with Crippen molar-refractivity contribution in [3.63, 3.8) is 0 Å². The highest BCUT2D eigenvalue weighted by molar-refractivity contribution is 6.30. The lowest BCUT2D eigenvalue weighted by Gasteiger charge is -2.26. The number of carbonyl (C=O) groups is 2. The Balaban J connectivity index is 1.75. The lowest BCUT2D eigenvalue weighted by molar-refractivity contribution is -0.131. The number of hydrogen-bond acceptors (Lipinski definition) is 4. The number of hydrogen-bond donors (Lipinski definition) is 1. The smallest absolute Gasteiger partial charge is 0.319 e. The predicted molar refractivity (Wildman–Crippen MR) is 93.9 cm³/mol. The minimum atomic E-state index is -1.05. The second kappa shape index (κ2) is 6.49. The van der Waals surface area contributed by atoms with Crippen LogP contribution in [-0.2, 0) is 10.3 Å². The molecule has 0 aliphatic carbocycles.